The van der Waals surface area contributed by atoms with Gasteiger partial charge in [0, 0.05) is 25.4 Å². The van der Waals surface area contributed by atoms with E-state index in [1.807, 2.05) is 24.1 Å². The second-order valence-corrected chi connectivity index (χ2v) is 7.34. The molecule has 1 saturated carbocycles. The number of rotatable bonds is 4. The van der Waals surface area contributed by atoms with Crippen LogP contribution >= 0.6 is 0 Å². The lowest BCUT2D eigenvalue weighted by Crippen LogP contribution is -2.45. The summed E-state index contributed by atoms with van der Waals surface area (Å²) in [4.78, 5) is 0. The van der Waals surface area contributed by atoms with Crippen molar-refractivity contribution in [2.24, 2.45) is 24.1 Å². The normalized spacial score (nSPS) is 27.8. The number of aromatic nitrogens is 2. The van der Waals surface area contributed by atoms with Crippen LogP contribution in [0.15, 0.2) is 12.4 Å². The highest BCUT2D eigenvalue weighted by atomic mass is 16.5. The Balaban J connectivity index is 1.91. The first kappa shape index (κ1) is 15.5. The van der Waals surface area contributed by atoms with Crippen molar-refractivity contribution in [3.8, 4) is 0 Å². The van der Waals surface area contributed by atoms with Gasteiger partial charge in [-0.15, -0.1) is 0 Å². The Morgan fingerprint density at radius 1 is 1.40 bits per heavy atom. The summed E-state index contributed by atoms with van der Waals surface area (Å²) in [6, 6.07) is 0. The highest BCUT2D eigenvalue weighted by molar-refractivity contribution is 5.02. The van der Waals surface area contributed by atoms with E-state index in [9.17, 15) is 0 Å². The zero-order valence-corrected chi connectivity index (χ0v) is 13.4. The maximum absolute atomic E-state index is 6.20. The zero-order valence-electron chi connectivity index (χ0n) is 13.4. The first-order valence-corrected chi connectivity index (χ1v) is 7.66. The maximum atomic E-state index is 6.20. The van der Waals surface area contributed by atoms with Crippen LogP contribution in [0.25, 0.3) is 0 Å². The van der Waals surface area contributed by atoms with Crippen LogP contribution in [0, 0.1) is 11.3 Å². The number of ether oxygens (including phenoxy) is 1. The Labute approximate surface area is 122 Å². The molecule has 2 rings (SSSR count). The standard InChI is InChI=1S/C16H29N3O/c1-15(2,3)14-5-7-16(12-17,8-6-14)20-11-13-9-18-19(4)10-13/h9-10,14H,5-8,11-12,17H2,1-4H3. The predicted molar refractivity (Wildman–Crippen MR) is 81.2 cm³/mol. The summed E-state index contributed by atoms with van der Waals surface area (Å²) in [5.74, 6) is 0.782. The van der Waals surface area contributed by atoms with Gasteiger partial charge in [-0.3, -0.25) is 4.68 Å². The molecule has 0 aromatic carbocycles. The SMILES string of the molecule is Cn1cc(COC2(CN)CCC(C(C)(C)C)CC2)cn1. The first-order valence-electron chi connectivity index (χ1n) is 7.66. The Bertz CT molecular complexity index is 425. The summed E-state index contributed by atoms with van der Waals surface area (Å²) in [6.45, 7) is 8.24. The van der Waals surface area contributed by atoms with Gasteiger partial charge in [0.15, 0.2) is 0 Å². The quantitative estimate of drug-likeness (QED) is 0.922. The fourth-order valence-electron chi connectivity index (χ4n) is 3.20. The highest BCUT2D eigenvalue weighted by Crippen LogP contribution is 2.42. The molecule has 0 unspecified atom stereocenters. The number of nitrogens with zero attached hydrogens (tertiary/aromatic N) is 2. The number of hydrogen-bond acceptors (Lipinski definition) is 3. The highest BCUT2D eigenvalue weighted by Gasteiger charge is 2.38. The van der Waals surface area contributed by atoms with Crippen LogP contribution in [0.3, 0.4) is 0 Å². The molecule has 1 aliphatic carbocycles. The average Bonchev–Trinajstić information content (AvgIpc) is 2.82. The molecule has 0 amide bonds. The van der Waals surface area contributed by atoms with Crippen LogP contribution < -0.4 is 5.73 Å². The number of aryl methyl sites for hydroxylation is 1. The van der Waals surface area contributed by atoms with E-state index in [2.05, 4.69) is 25.9 Å². The molecule has 20 heavy (non-hydrogen) atoms. The predicted octanol–water partition coefficient (Wildman–Crippen LogP) is 2.87. The molecule has 1 aromatic rings. The van der Waals surface area contributed by atoms with E-state index in [0.717, 1.165) is 24.3 Å². The minimum atomic E-state index is -0.127. The van der Waals surface area contributed by atoms with Gasteiger partial charge in [0.05, 0.1) is 18.4 Å². The lowest BCUT2D eigenvalue weighted by atomic mass is 9.68. The van der Waals surface area contributed by atoms with E-state index >= 15 is 0 Å². The van der Waals surface area contributed by atoms with Gasteiger partial charge in [0.2, 0.25) is 0 Å². The van der Waals surface area contributed by atoms with Gasteiger partial charge in [0.25, 0.3) is 0 Å². The van der Waals surface area contributed by atoms with Crippen molar-refractivity contribution in [3.63, 3.8) is 0 Å². The van der Waals surface area contributed by atoms with E-state index in [1.165, 1.54) is 12.8 Å². The van der Waals surface area contributed by atoms with Crippen LogP contribution in [-0.4, -0.2) is 21.9 Å². The fraction of sp³-hybridized carbons (Fsp3) is 0.812. The Morgan fingerprint density at radius 2 is 2.05 bits per heavy atom. The summed E-state index contributed by atoms with van der Waals surface area (Å²) >= 11 is 0. The molecule has 114 valence electrons. The second-order valence-electron chi connectivity index (χ2n) is 7.34. The summed E-state index contributed by atoms with van der Waals surface area (Å²) in [5.41, 5.74) is 7.41. The molecule has 0 spiro atoms. The fourth-order valence-corrected chi connectivity index (χ4v) is 3.20. The van der Waals surface area contributed by atoms with Gasteiger partial charge >= 0.3 is 0 Å². The van der Waals surface area contributed by atoms with Crippen LogP contribution in [0.1, 0.15) is 52.0 Å². The van der Waals surface area contributed by atoms with Gasteiger partial charge in [-0.25, -0.2) is 0 Å². The molecule has 0 saturated heterocycles. The van der Waals surface area contributed by atoms with Crippen LogP contribution in [0.2, 0.25) is 0 Å². The van der Waals surface area contributed by atoms with E-state index in [-0.39, 0.29) is 5.60 Å². The Kier molecular flexibility index (Phi) is 4.55. The van der Waals surface area contributed by atoms with Crippen LogP contribution in [0.5, 0.6) is 0 Å². The summed E-state index contributed by atoms with van der Waals surface area (Å²) in [6.07, 6.45) is 8.45. The molecule has 1 heterocycles. The van der Waals surface area contributed by atoms with Gasteiger partial charge in [0.1, 0.15) is 0 Å². The molecule has 1 aliphatic rings. The van der Waals surface area contributed by atoms with Gasteiger partial charge < -0.3 is 10.5 Å². The molecule has 4 nitrogen and oxygen atoms in total. The molecule has 0 radical (unpaired) electrons. The topological polar surface area (TPSA) is 53.1 Å². The number of nitrogens with two attached hydrogens (primary N) is 1. The summed E-state index contributed by atoms with van der Waals surface area (Å²) in [5, 5.41) is 4.18. The molecular weight excluding hydrogens is 250 g/mol. The third kappa shape index (κ3) is 3.61. The lowest BCUT2D eigenvalue weighted by molar-refractivity contribution is -0.0888. The molecule has 0 aliphatic heterocycles. The van der Waals surface area contributed by atoms with E-state index in [4.69, 9.17) is 10.5 Å². The van der Waals surface area contributed by atoms with Gasteiger partial charge in [-0.1, -0.05) is 20.8 Å². The first-order chi connectivity index (χ1) is 9.35. The van der Waals surface area contributed by atoms with Gasteiger partial charge in [-0.2, -0.15) is 5.10 Å². The largest absolute Gasteiger partial charge is 0.369 e. The molecule has 2 N–H and O–H groups in total. The molecular formula is C16H29N3O. The molecule has 1 fully saturated rings. The van der Waals surface area contributed by atoms with Crippen LogP contribution in [0.4, 0.5) is 0 Å². The van der Waals surface area contributed by atoms with Crippen molar-refractivity contribution in [1.82, 2.24) is 9.78 Å². The van der Waals surface area contributed by atoms with Crippen molar-refractivity contribution in [1.29, 1.82) is 0 Å². The molecule has 4 heteroatoms. The Morgan fingerprint density at radius 3 is 2.50 bits per heavy atom. The van der Waals surface area contributed by atoms with E-state index in [0.29, 0.717) is 18.6 Å². The lowest BCUT2D eigenvalue weighted by Gasteiger charge is -2.43. The molecule has 0 atom stereocenters. The molecule has 1 aromatic heterocycles. The minimum absolute atomic E-state index is 0.127. The van der Waals surface area contributed by atoms with Crippen molar-refractivity contribution < 1.29 is 4.74 Å². The monoisotopic (exact) mass is 279 g/mol. The zero-order chi connectivity index (χ0) is 14.8. The number of hydrogen-bond donors (Lipinski definition) is 1. The summed E-state index contributed by atoms with van der Waals surface area (Å²) < 4.78 is 8.01. The van der Waals surface area contributed by atoms with Crippen LogP contribution in [-0.2, 0) is 18.4 Å². The van der Waals surface area contributed by atoms with Crippen molar-refractivity contribution in [2.75, 3.05) is 6.54 Å². The van der Waals surface area contributed by atoms with E-state index < -0.39 is 0 Å². The summed E-state index contributed by atoms with van der Waals surface area (Å²) in [7, 11) is 1.93. The minimum Gasteiger partial charge on any atom is -0.369 e. The third-order valence-corrected chi connectivity index (χ3v) is 4.80. The maximum Gasteiger partial charge on any atom is 0.0808 e. The van der Waals surface area contributed by atoms with Crippen molar-refractivity contribution >= 4 is 0 Å². The smallest absolute Gasteiger partial charge is 0.0808 e. The van der Waals surface area contributed by atoms with E-state index in [1.54, 1.807) is 0 Å². The average molecular weight is 279 g/mol. The molecule has 0 bridgehead atoms. The third-order valence-electron chi connectivity index (χ3n) is 4.80. The van der Waals surface area contributed by atoms with Crippen molar-refractivity contribution in [3.05, 3.63) is 18.0 Å². The van der Waals surface area contributed by atoms with Crippen molar-refractivity contribution in [2.45, 2.75) is 58.7 Å². The Hall–Kier alpha value is -0.870. The van der Waals surface area contributed by atoms with Gasteiger partial charge in [-0.05, 0) is 37.0 Å². The second kappa shape index (κ2) is 5.86.